The van der Waals surface area contributed by atoms with Gasteiger partial charge in [-0.15, -0.1) is 0 Å². The van der Waals surface area contributed by atoms with E-state index in [0.29, 0.717) is 6.04 Å². The topological polar surface area (TPSA) is 12.0 Å². The van der Waals surface area contributed by atoms with Crippen LogP contribution in [0.2, 0.25) is 0 Å². The molecule has 0 bridgehead atoms. The van der Waals surface area contributed by atoms with Crippen molar-refractivity contribution >= 4 is 11.8 Å². The fourth-order valence-electron chi connectivity index (χ4n) is 1.86. The first kappa shape index (κ1) is 14.6. The van der Waals surface area contributed by atoms with Crippen LogP contribution in [0.15, 0.2) is 18.2 Å². The van der Waals surface area contributed by atoms with Crippen molar-refractivity contribution in [2.45, 2.75) is 45.4 Å². The molecule has 0 fully saturated rings. The van der Waals surface area contributed by atoms with Gasteiger partial charge in [-0.2, -0.15) is 11.8 Å². The fourth-order valence-corrected chi connectivity index (χ4v) is 2.96. The van der Waals surface area contributed by atoms with E-state index < -0.39 is 0 Å². The molecule has 1 aromatic rings. The van der Waals surface area contributed by atoms with Crippen molar-refractivity contribution in [2.24, 2.45) is 0 Å². The Bertz CT molecular complexity index is 349. The Balaban J connectivity index is 2.76. The minimum atomic E-state index is 0.467. The van der Waals surface area contributed by atoms with E-state index in [1.165, 1.54) is 23.1 Å². The van der Waals surface area contributed by atoms with Crippen LogP contribution in [0.4, 0.5) is 0 Å². The molecular weight excluding hydrogens is 226 g/mol. The van der Waals surface area contributed by atoms with Gasteiger partial charge >= 0.3 is 0 Å². The van der Waals surface area contributed by atoms with Gasteiger partial charge in [-0.05, 0) is 44.0 Å². The quantitative estimate of drug-likeness (QED) is 0.817. The summed E-state index contributed by atoms with van der Waals surface area (Å²) in [7, 11) is 2.06. The van der Waals surface area contributed by atoms with Gasteiger partial charge in [-0.1, -0.05) is 32.0 Å². The highest BCUT2D eigenvalue weighted by Crippen LogP contribution is 2.25. The van der Waals surface area contributed by atoms with Crippen LogP contribution in [0, 0.1) is 13.8 Å². The minimum Gasteiger partial charge on any atom is -0.312 e. The molecule has 17 heavy (non-hydrogen) atoms. The lowest BCUT2D eigenvalue weighted by atomic mass is 9.98. The van der Waals surface area contributed by atoms with Crippen molar-refractivity contribution in [1.29, 1.82) is 0 Å². The molecule has 2 heteroatoms. The van der Waals surface area contributed by atoms with Crippen LogP contribution < -0.4 is 5.32 Å². The molecule has 1 aromatic carbocycles. The Morgan fingerprint density at radius 1 is 1.29 bits per heavy atom. The SMILES string of the molecule is CCC(C)SCC(NC)c1cccc(C)c1C. The van der Waals surface area contributed by atoms with E-state index >= 15 is 0 Å². The van der Waals surface area contributed by atoms with E-state index in [1.807, 2.05) is 0 Å². The van der Waals surface area contributed by atoms with E-state index in [-0.39, 0.29) is 0 Å². The first-order chi connectivity index (χ1) is 8.10. The number of thioether (sulfide) groups is 1. The predicted molar refractivity (Wildman–Crippen MR) is 79.9 cm³/mol. The maximum Gasteiger partial charge on any atom is 0.0412 e. The Morgan fingerprint density at radius 3 is 2.59 bits per heavy atom. The number of rotatable bonds is 6. The average Bonchev–Trinajstić information content (AvgIpc) is 2.34. The van der Waals surface area contributed by atoms with Crippen molar-refractivity contribution in [3.8, 4) is 0 Å². The molecule has 2 unspecified atom stereocenters. The lowest BCUT2D eigenvalue weighted by Crippen LogP contribution is -2.21. The predicted octanol–water partition coefficient (Wildman–Crippen LogP) is 4.10. The standard InChI is InChI=1S/C15H25NS/c1-6-12(3)17-10-15(16-5)14-9-7-8-11(2)13(14)4/h7-9,12,15-16H,6,10H2,1-5H3. The Hall–Kier alpha value is -0.470. The lowest BCUT2D eigenvalue weighted by Gasteiger charge is -2.21. The highest BCUT2D eigenvalue weighted by atomic mass is 32.2. The summed E-state index contributed by atoms with van der Waals surface area (Å²) >= 11 is 2.06. The van der Waals surface area contributed by atoms with Crippen LogP contribution in [0.1, 0.15) is 43.0 Å². The van der Waals surface area contributed by atoms with Crippen molar-refractivity contribution in [2.75, 3.05) is 12.8 Å². The van der Waals surface area contributed by atoms with Crippen LogP contribution in [0.25, 0.3) is 0 Å². The second kappa shape index (κ2) is 7.07. The van der Waals surface area contributed by atoms with Crippen molar-refractivity contribution in [3.05, 3.63) is 34.9 Å². The normalized spacial score (nSPS) is 14.6. The molecule has 0 amide bonds. The summed E-state index contributed by atoms with van der Waals surface area (Å²) in [5, 5.41) is 4.19. The zero-order valence-corrected chi connectivity index (χ0v) is 12.5. The molecule has 0 aliphatic rings. The summed E-state index contributed by atoms with van der Waals surface area (Å²) < 4.78 is 0. The zero-order chi connectivity index (χ0) is 12.8. The average molecular weight is 251 g/mol. The van der Waals surface area contributed by atoms with E-state index in [0.717, 1.165) is 11.0 Å². The monoisotopic (exact) mass is 251 g/mol. The Labute approximate surface area is 110 Å². The van der Waals surface area contributed by atoms with E-state index in [2.05, 4.69) is 70.0 Å². The summed E-state index contributed by atoms with van der Waals surface area (Å²) in [6.07, 6.45) is 1.24. The fraction of sp³-hybridized carbons (Fsp3) is 0.600. The second-order valence-corrected chi connectivity index (χ2v) is 6.15. The van der Waals surface area contributed by atoms with Crippen molar-refractivity contribution in [1.82, 2.24) is 5.32 Å². The van der Waals surface area contributed by atoms with Crippen molar-refractivity contribution in [3.63, 3.8) is 0 Å². The molecule has 1 rings (SSSR count). The van der Waals surface area contributed by atoms with Crippen molar-refractivity contribution < 1.29 is 0 Å². The summed E-state index contributed by atoms with van der Waals surface area (Å²) in [4.78, 5) is 0. The molecule has 0 aliphatic heterocycles. The molecule has 0 spiro atoms. The van der Waals surface area contributed by atoms with Gasteiger partial charge in [0.15, 0.2) is 0 Å². The third-order valence-corrected chi connectivity index (χ3v) is 4.92. The summed E-state index contributed by atoms with van der Waals surface area (Å²) in [5.41, 5.74) is 4.26. The van der Waals surface area contributed by atoms with Gasteiger partial charge in [0.25, 0.3) is 0 Å². The van der Waals surface area contributed by atoms with Crippen LogP contribution in [-0.2, 0) is 0 Å². The number of benzene rings is 1. The molecule has 0 saturated heterocycles. The van der Waals surface area contributed by atoms with Gasteiger partial charge in [0.05, 0.1) is 0 Å². The third-order valence-electron chi connectivity index (χ3n) is 3.49. The molecule has 0 aromatic heterocycles. The van der Waals surface area contributed by atoms with E-state index in [9.17, 15) is 0 Å². The smallest absolute Gasteiger partial charge is 0.0412 e. The number of hydrogen-bond acceptors (Lipinski definition) is 2. The summed E-state index contributed by atoms with van der Waals surface area (Å²) in [6.45, 7) is 8.97. The molecule has 1 N–H and O–H groups in total. The second-order valence-electron chi connectivity index (χ2n) is 4.68. The van der Waals surface area contributed by atoms with Gasteiger partial charge in [-0.3, -0.25) is 0 Å². The van der Waals surface area contributed by atoms with Crippen LogP contribution in [-0.4, -0.2) is 18.1 Å². The molecule has 0 radical (unpaired) electrons. The van der Waals surface area contributed by atoms with Gasteiger partial charge in [0.1, 0.15) is 0 Å². The maximum atomic E-state index is 3.45. The molecule has 0 heterocycles. The maximum absolute atomic E-state index is 3.45. The lowest BCUT2D eigenvalue weighted by molar-refractivity contribution is 0.655. The first-order valence-electron chi connectivity index (χ1n) is 6.45. The summed E-state index contributed by atoms with van der Waals surface area (Å²) in [6, 6.07) is 7.07. The van der Waals surface area contributed by atoms with Gasteiger partial charge in [-0.25, -0.2) is 0 Å². The molecule has 0 aliphatic carbocycles. The molecular formula is C15H25NS. The Morgan fingerprint density at radius 2 is 2.00 bits per heavy atom. The molecule has 96 valence electrons. The van der Waals surface area contributed by atoms with E-state index in [4.69, 9.17) is 0 Å². The first-order valence-corrected chi connectivity index (χ1v) is 7.50. The molecule has 0 saturated carbocycles. The summed E-state index contributed by atoms with van der Waals surface area (Å²) in [5.74, 6) is 1.15. The zero-order valence-electron chi connectivity index (χ0n) is 11.7. The number of hydrogen-bond donors (Lipinski definition) is 1. The molecule has 1 nitrogen and oxygen atoms in total. The number of aryl methyl sites for hydroxylation is 1. The van der Waals surface area contributed by atoms with Gasteiger partial charge < -0.3 is 5.32 Å². The highest BCUT2D eigenvalue weighted by molar-refractivity contribution is 7.99. The van der Waals surface area contributed by atoms with Gasteiger partial charge in [0.2, 0.25) is 0 Å². The van der Waals surface area contributed by atoms with Crippen LogP contribution >= 0.6 is 11.8 Å². The highest BCUT2D eigenvalue weighted by Gasteiger charge is 2.13. The van der Waals surface area contributed by atoms with E-state index in [1.54, 1.807) is 0 Å². The van der Waals surface area contributed by atoms with Gasteiger partial charge in [0, 0.05) is 17.0 Å². The largest absolute Gasteiger partial charge is 0.312 e. The van der Waals surface area contributed by atoms with Crippen LogP contribution in [0.3, 0.4) is 0 Å². The minimum absolute atomic E-state index is 0.467. The Kier molecular flexibility index (Phi) is 6.07. The molecule has 2 atom stereocenters. The third kappa shape index (κ3) is 4.04. The van der Waals surface area contributed by atoms with Crippen LogP contribution in [0.5, 0.6) is 0 Å². The number of nitrogens with one attached hydrogen (secondary N) is 1.